The van der Waals surface area contributed by atoms with Crippen LogP contribution in [-0.2, 0) is 18.9 Å². The quantitative estimate of drug-likeness (QED) is 0.568. The summed E-state index contributed by atoms with van der Waals surface area (Å²) in [5.74, 6) is 0. The summed E-state index contributed by atoms with van der Waals surface area (Å²) < 4.78 is 21.0. The van der Waals surface area contributed by atoms with Gasteiger partial charge in [0.1, 0.15) is 0 Å². The number of methoxy groups -OCH3 is 1. The first-order valence-corrected chi connectivity index (χ1v) is 6.24. The van der Waals surface area contributed by atoms with Crippen LogP contribution < -0.4 is 5.32 Å². The fraction of sp³-hybridized carbons (Fsp3) is 1.00. The van der Waals surface area contributed by atoms with Crippen LogP contribution in [-0.4, -0.2) is 65.4 Å². The molecule has 1 heterocycles. The van der Waals surface area contributed by atoms with E-state index >= 15 is 0 Å². The highest BCUT2D eigenvalue weighted by Crippen LogP contribution is 2.16. The molecule has 0 aliphatic carbocycles. The summed E-state index contributed by atoms with van der Waals surface area (Å²) in [5.41, 5.74) is 0.137. The normalized spacial score (nSPS) is 24.4. The van der Waals surface area contributed by atoms with E-state index in [0.29, 0.717) is 33.0 Å². The van der Waals surface area contributed by atoms with Crippen molar-refractivity contribution in [3.05, 3.63) is 0 Å². The molecule has 102 valence electrons. The number of hydrogen-bond donors (Lipinski definition) is 1. The molecule has 0 aromatic heterocycles. The Morgan fingerprint density at radius 1 is 1.12 bits per heavy atom. The van der Waals surface area contributed by atoms with E-state index in [1.807, 2.05) is 0 Å². The van der Waals surface area contributed by atoms with Gasteiger partial charge in [0.15, 0.2) is 0 Å². The Hall–Kier alpha value is -0.200. The minimum atomic E-state index is 0.137. The van der Waals surface area contributed by atoms with E-state index < -0.39 is 0 Å². The molecule has 1 saturated heterocycles. The molecular formula is C12H25NO4. The van der Waals surface area contributed by atoms with E-state index in [1.54, 1.807) is 7.11 Å². The zero-order valence-electron chi connectivity index (χ0n) is 11.0. The SMILES string of the molecule is COCCOCCOCCNC1(C)CCOC1. The molecule has 0 bridgehead atoms. The van der Waals surface area contributed by atoms with E-state index in [4.69, 9.17) is 18.9 Å². The van der Waals surface area contributed by atoms with Crippen molar-refractivity contribution in [3.8, 4) is 0 Å². The van der Waals surface area contributed by atoms with Crippen molar-refractivity contribution in [1.82, 2.24) is 5.32 Å². The molecule has 1 aliphatic rings. The molecule has 0 amide bonds. The summed E-state index contributed by atoms with van der Waals surface area (Å²) >= 11 is 0. The molecular weight excluding hydrogens is 222 g/mol. The molecule has 1 N–H and O–H groups in total. The molecule has 1 unspecified atom stereocenters. The number of hydrogen-bond acceptors (Lipinski definition) is 5. The Morgan fingerprint density at radius 2 is 1.82 bits per heavy atom. The van der Waals surface area contributed by atoms with Gasteiger partial charge in [0, 0.05) is 25.8 Å². The second-order valence-corrected chi connectivity index (χ2v) is 4.51. The van der Waals surface area contributed by atoms with Gasteiger partial charge in [-0.3, -0.25) is 0 Å². The van der Waals surface area contributed by atoms with Crippen molar-refractivity contribution in [2.45, 2.75) is 18.9 Å². The van der Waals surface area contributed by atoms with Crippen LogP contribution in [0.3, 0.4) is 0 Å². The summed E-state index contributed by atoms with van der Waals surface area (Å²) in [7, 11) is 1.67. The lowest BCUT2D eigenvalue weighted by Crippen LogP contribution is -2.44. The maximum absolute atomic E-state index is 5.45. The van der Waals surface area contributed by atoms with Gasteiger partial charge in [-0.1, -0.05) is 0 Å². The maximum Gasteiger partial charge on any atom is 0.0701 e. The van der Waals surface area contributed by atoms with E-state index in [0.717, 1.165) is 26.2 Å². The Kier molecular flexibility index (Phi) is 7.72. The van der Waals surface area contributed by atoms with Crippen LogP contribution in [0.1, 0.15) is 13.3 Å². The van der Waals surface area contributed by atoms with Crippen LogP contribution >= 0.6 is 0 Å². The lowest BCUT2D eigenvalue weighted by Gasteiger charge is -2.23. The molecule has 1 atom stereocenters. The predicted octanol–water partition coefficient (Wildman–Crippen LogP) is 0.435. The van der Waals surface area contributed by atoms with Gasteiger partial charge in [-0.05, 0) is 13.3 Å². The summed E-state index contributed by atoms with van der Waals surface area (Å²) in [6.07, 6.45) is 1.08. The third-order valence-electron chi connectivity index (χ3n) is 2.82. The van der Waals surface area contributed by atoms with Crippen molar-refractivity contribution >= 4 is 0 Å². The van der Waals surface area contributed by atoms with Gasteiger partial charge < -0.3 is 24.3 Å². The van der Waals surface area contributed by atoms with E-state index in [1.165, 1.54) is 0 Å². The highest BCUT2D eigenvalue weighted by atomic mass is 16.5. The van der Waals surface area contributed by atoms with Crippen LogP contribution in [0.15, 0.2) is 0 Å². The molecule has 1 rings (SSSR count). The Labute approximate surface area is 104 Å². The standard InChI is InChI=1S/C12H25NO4/c1-12(3-5-17-11-12)13-4-6-15-9-10-16-8-7-14-2/h13H,3-11H2,1-2H3. The highest BCUT2D eigenvalue weighted by molar-refractivity contribution is 4.86. The van der Waals surface area contributed by atoms with E-state index in [9.17, 15) is 0 Å². The number of rotatable bonds is 10. The van der Waals surface area contributed by atoms with Gasteiger partial charge in [0.2, 0.25) is 0 Å². The monoisotopic (exact) mass is 247 g/mol. The van der Waals surface area contributed by atoms with Gasteiger partial charge in [-0.25, -0.2) is 0 Å². The topological polar surface area (TPSA) is 49.0 Å². The van der Waals surface area contributed by atoms with Crippen LogP contribution in [0.4, 0.5) is 0 Å². The largest absolute Gasteiger partial charge is 0.382 e. The van der Waals surface area contributed by atoms with Gasteiger partial charge in [0.05, 0.1) is 39.6 Å². The van der Waals surface area contributed by atoms with Crippen LogP contribution in [0.2, 0.25) is 0 Å². The number of nitrogens with one attached hydrogen (secondary N) is 1. The van der Waals surface area contributed by atoms with E-state index in [-0.39, 0.29) is 5.54 Å². The molecule has 1 aliphatic heterocycles. The zero-order valence-corrected chi connectivity index (χ0v) is 11.0. The average molecular weight is 247 g/mol. The van der Waals surface area contributed by atoms with Crippen molar-refractivity contribution < 1.29 is 18.9 Å². The highest BCUT2D eigenvalue weighted by Gasteiger charge is 2.28. The maximum atomic E-state index is 5.45. The van der Waals surface area contributed by atoms with Gasteiger partial charge >= 0.3 is 0 Å². The van der Waals surface area contributed by atoms with Crippen LogP contribution in [0, 0.1) is 0 Å². The second kappa shape index (κ2) is 8.83. The third-order valence-corrected chi connectivity index (χ3v) is 2.82. The van der Waals surface area contributed by atoms with Crippen molar-refractivity contribution in [1.29, 1.82) is 0 Å². The molecule has 0 spiro atoms. The van der Waals surface area contributed by atoms with E-state index in [2.05, 4.69) is 12.2 Å². The minimum absolute atomic E-state index is 0.137. The number of ether oxygens (including phenoxy) is 4. The summed E-state index contributed by atoms with van der Waals surface area (Å²) in [6, 6.07) is 0. The second-order valence-electron chi connectivity index (χ2n) is 4.51. The van der Waals surface area contributed by atoms with Crippen LogP contribution in [0.5, 0.6) is 0 Å². The molecule has 0 radical (unpaired) electrons. The predicted molar refractivity (Wildman–Crippen MR) is 65.4 cm³/mol. The Bertz CT molecular complexity index is 183. The first-order chi connectivity index (χ1) is 8.27. The van der Waals surface area contributed by atoms with Gasteiger partial charge in [-0.2, -0.15) is 0 Å². The summed E-state index contributed by atoms with van der Waals surface area (Å²) in [4.78, 5) is 0. The van der Waals surface area contributed by atoms with Crippen molar-refractivity contribution in [2.24, 2.45) is 0 Å². The molecule has 0 saturated carbocycles. The summed E-state index contributed by atoms with van der Waals surface area (Å²) in [5, 5.41) is 3.46. The smallest absolute Gasteiger partial charge is 0.0701 e. The molecule has 5 nitrogen and oxygen atoms in total. The summed E-state index contributed by atoms with van der Waals surface area (Å²) in [6.45, 7) is 7.95. The van der Waals surface area contributed by atoms with Gasteiger partial charge in [0.25, 0.3) is 0 Å². The first kappa shape index (κ1) is 14.9. The Morgan fingerprint density at radius 3 is 2.47 bits per heavy atom. The van der Waals surface area contributed by atoms with Gasteiger partial charge in [-0.15, -0.1) is 0 Å². The third kappa shape index (κ3) is 6.95. The Balaban J connectivity index is 1.81. The lowest BCUT2D eigenvalue weighted by atomic mass is 10.0. The first-order valence-electron chi connectivity index (χ1n) is 6.24. The minimum Gasteiger partial charge on any atom is -0.382 e. The average Bonchev–Trinajstić information content (AvgIpc) is 2.74. The fourth-order valence-electron chi connectivity index (χ4n) is 1.70. The molecule has 1 fully saturated rings. The molecule has 0 aromatic rings. The lowest BCUT2D eigenvalue weighted by molar-refractivity contribution is 0.0244. The zero-order chi connectivity index (χ0) is 12.4. The molecule has 17 heavy (non-hydrogen) atoms. The fourth-order valence-corrected chi connectivity index (χ4v) is 1.70. The molecule has 0 aromatic carbocycles. The molecule has 5 heteroatoms. The van der Waals surface area contributed by atoms with Crippen LogP contribution in [0.25, 0.3) is 0 Å². The van der Waals surface area contributed by atoms with Crippen molar-refractivity contribution in [3.63, 3.8) is 0 Å². The van der Waals surface area contributed by atoms with Crippen molar-refractivity contribution in [2.75, 3.05) is 59.9 Å².